The van der Waals surface area contributed by atoms with Crippen LogP contribution in [0.1, 0.15) is 50.6 Å². The number of aromatic nitrogens is 4. The second kappa shape index (κ2) is 11.8. The first-order chi connectivity index (χ1) is 17.4. The number of aliphatic hydroxyl groups is 1. The van der Waals surface area contributed by atoms with E-state index in [0.717, 1.165) is 0 Å². The number of aryl methyl sites for hydroxylation is 1. The van der Waals surface area contributed by atoms with Crippen molar-refractivity contribution in [3.63, 3.8) is 0 Å². The average molecular weight is 511 g/mol. The number of nitrogens with zero attached hydrogens (tertiary/aromatic N) is 4. The third-order valence-corrected chi connectivity index (χ3v) is 5.08. The van der Waals surface area contributed by atoms with Crippen LogP contribution in [-0.4, -0.2) is 48.8 Å². The molecule has 3 rings (SSSR count). The Bertz CT molecular complexity index is 1260. The van der Waals surface area contributed by atoms with E-state index in [1.54, 1.807) is 58.2 Å². The fourth-order valence-corrected chi connectivity index (χ4v) is 3.56. The maximum Gasteiger partial charge on any atom is 0.313 e. The minimum absolute atomic E-state index is 0.312. The number of hydrogen-bond donors (Lipinski definition) is 1. The van der Waals surface area contributed by atoms with Crippen molar-refractivity contribution in [1.82, 2.24) is 20.2 Å². The number of Topliss-reactive ketones (excluding diaryl/α,β-unsaturated/α-hetero) is 1. The number of halogens is 2. The summed E-state index contributed by atoms with van der Waals surface area (Å²) in [4.78, 5) is 24.2. The number of benzene rings is 2. The number of tetrazole rings is 1. The SMILES string of the molecule is Cn1nnnc1C(C=C[C@@H](O)CC(=O)CC(=O)OC(C)(C)C)=C(c1ccc(F)cc1)c1ccc(F)cc1. The fraction of sp³-hybridized carbons (Fsp3) is 0.296. The predicted molar refractivity (Wildman–Crippen MR) is 133 cm³/mol. The molecule has 194 valence electrons. The number of hydrogen-bond acceptors (Lipinski definition) is 7. The summed E-state index contributed by atoms with van der Waals surface area (Å²) >= 11 is 0. The van der Waals surface area contributed by atoms with Crippen LogP contribution >= 0.6 is 0 Å². The van der Waals surface area contributed by atoms with Gasteiger partial charge >= 0.3 is 5.97 Å². The summed E-state index contributed by atoms with van der Waals surface area (Å²) in [6, 6.07) is 11.4. The molecule has 0 fully saturated rings. The lowest BCUT2D eigenvalue weighted by molar-refractivity contribution is -0.156. The minimum atomic E-state index is -1.23. The van der Waals surface area contributed by atoms with Gasteiger partial charge in [0.25, 0.3) is 0 Å². The first-order valence-corrected chi connectivity index (χ1v) is 11.5. The van der Waals surface area contributed by atoms with Crippen LogP contribution in [0.5, 0.6) is 0 Å². The van der Waals surface area contributed by atoms with E-state index in [4.69, 9.17) is 4.74 Å². The van der Waals surface area contributed by atoms with Gasteiger partial charge in [-0.2, -0.15) is 0 Å². The molecule has 0 saturated carbocycles. The van der Waals surface area contributed by atoms with E-state index in [1.807, 2.05) is 0 Å². The number of ether oxygens (including phenoxy) is 1. The Morgan fingerprint density at radius 3 is 2.03 bits per heavy atom. The molecule has 0 spiro atoms. The van der Waals surface area contributed by atoms with E-state index >= 15 is 0 Å². The summed E-state index contributed by atoms with van der Waals surface area (Å²) in [6.07, 6.45) is 0.911. The molecule has 1 aromatic heterocycles. The predicted octanol–water partition coefficient (Wildman–Crippen LogP) is 4.06. The molecule has 2 aromatic carbocycles. The van der Waals surface area contributed by atoms with Crippen LogP contribution in [0.2, 0.25) is 0 Å². The monoisotopic (exact) mass is 510 g/mol. The molecule has 10 heteroatoms. The lowest BCUT2D eigenvalue weighted by atomic mass is 9.91. The summed E-state index contributed by atoms with van der Waals surface area (Å²) < 4.78 is 33.9. The standard InChI is InChI=1S/C27H28F2N4O4/c1-27(2,3)37-24(36)16-22(35)15-21(34)13-14-23(26-30-31-32-33(26)4)25(17-5-9-19(28)10-6-17)18-7-11-20(29)12-8-18/h5-14,21,34H,15-16H2,1-4H3/t21-/m1/s1. The van der Waals surface area contributed by atoms with E-state index in [-0.39, 0.29) is 6.42 Å². The van der Waals surface area contributed by atoms with Gasteiger partial charge in [-0.15, -0.1) is 5.10 Å². The topological polar surface area (TPSA) is 107 Å². The third-order valence-electron chi connectivity index (χ3n) is 5.08. The maximum absolute atomic E-state index is 13.7. The van der Waals surface area contributed by atoms with Crippen LogP contribution in [0.15, 0.2) is 60.7 Å². The van der Waals surface area contributed by atoms with Gasteiger partial charge in [-0.05, 0) is 72.2 Å². The Morgan fingerprint density at radius 2 is 1.57 bits per heavy atom. The van der Waals surface area contributed by atoms with E-state index in [9.17, 15) is 23.5 Å². The van der Waals surface area contributed by atoms with Crippen molar-refractivity contribution >= 4 is 22.9 Å². The van der Waals surface area contributed by atoms with Gasteiger partial charge in [0.1, 0.15) is 29.4 Å². The number of aliphatic hydroxyl groups excluding tert-OH is 1. The second-order valence-electron chi connectivity index (χ2n) is 9.36. The highest BCUT2D eigenvalue weighted by Gasteiger charge is 2.21. The van der Waals surface area contributed by atoms with Crippen molar-refractivity contribution in [2.24, 2.45) is 7.05 Å². The molecule has 3 aromatic rings. The maximum atomic E-state index is 13.7. The van der Waals surface area contributed by atoms with Gasteiger partial charge in [0, 0.05) is 19.0 Å². The lowest BCUT2D eigenvalue weighted by Crippen LogP contribution is -2.26. The highest BCUT2D eigenvalue weighted by atomic mass is 19.1. The van der Waals surface area contributed by atoms with Crippen molar-refractivity contribution in [1.29, 1.82) is 0 Å². The number of carbonyl (C=O) groups excluding carboxylic acids is 2. The molecule has 0 radical (unpaired) electrons. The second-order valence-corrected chi connectivity index (χ2v) is 9.36. The summed E-state index contributed by atoms with van der Waals surface area (Å²) in [5, 5.41) is 22.2. The molecule has 1 atom stereocenters. The Balaban J connectivity index is 2.00. The van der Waals surface area contributed by atoms with Crippen LogP contribution in [0.3, 0.4) is 0 Å². The molecule has 1 N–H and O–H groups in total. The first kappa shape index (κ1) is 27.5. The number of carbonyl (C=O) groups is 2. The van der Waals surface area contributed by atoms with Gasteiger partial charge in [-0.3, -0.25) is 9.59 Å². The Morgan fingerprint density at radius 1 is 1.03 bits per heavy atom. The quantitative estimate of drug-likeness (QED) is 0.263. The van der Waals surface area contributed by atoms with Crippen molar-refractivity contribution < 1.29 is 28.2 Å². The molecule has 0 aliphatic rings. The van der Waals surface area contributed by atoms with Gasteiger partial charge in [0.05, 0.1) is 6.10 Å². The molecule has 0 bridgehead atoms. The Kier molecular flexibility index (Phi) is 8.77. The van der Waals surface area contributed by atoms with Crippen molar-refractivity contribution in [2.45, 2.75) is 45.3 Å². The number of ketones is 1. The Hall–Kier alpha value is -4.05. The zero-order valence-corrected chi connectivity index (χ0v) is 21.0. The van der Waals surface area contributed by atoms with Gasteiger partial charge in [-0.1, -0.05) is 36.4 Å². The van der Waals surface area contributed by atoms with Gasteiger partial charge in [0.2, 0.25) is 0 Å². The van der Waals surface area contributed by atoms with Crippen LogP contribution in [0, 0.1) is 11.6 Å². The molecule has 0 aliphatic heterocycles. The average Bonchev–Trinajstić information content (AvgIpc) is 3.22. The minimum Gasteiger partial charge on any atom is -0.460 e. The molecule has 0 unspecified atom stereocenters. The van der Waals surface area contributed by atoms with Crippen LogP contribution in [0.4, 0.5) is 8.78 Å². The van der Waals surface area contributed by atoms with E-state index in [0.29, 0.717) is 28.1 Å². The molecule has 0 amide bonds. The number of rotatable bonds is 9. The van der Waals surface area contributed by atoms with Crippen molar-refractivity contribution in [2.75, 3.05) is 0 Å². The van der Waals surface area contributed by atoms with Crippen molar-refractivity contribution in [3.05, 3.63) is 89.3 Å². The van der Waals surface area contributed by atoms with Gasteiger partial charge in [-0.25, -0.2) is 13.5 Å². The lowest BCUT2D eigenvalue weighted by Gasteiger charge is -2.19. The summed E-state index contributed by atoms with van der Waals surface area (Å²) in [5.41, 5.74) is 1.43. The van der Waals surface area contributed by atoms with E-state index < -0.39 is 41.5 Å². The Labute approximate surface area is 213 Å². The molecule has 37 heavy (non-hydrogen) atoms. The summed E-state index contributed by atoms with van der Waals surface area (Å²) in [6.45, 7) is 5.09. The van der Waals surface area contributed by atoms with Crippen molar-refractivity contribution in [3.8, 4) is 0 Å². The van der Waals surface area contributed by atoms with Crippen LogP contribution in [0.25, 0.3) is 11.1 Å². The molecule has 8 nitrogen and oxygen atoms in total. The highest BCUT2D eigenvalue weighted by molar-refractivity contribution is 6.01. The first-order valence-electron chi connectivity index (χ1n) is 11.5. The third kappa shape index (κ3) is 7.97. The molecule has 0 aliphatic carbocycles. The van der Waals surface area contributed by atoms with Gasteiger partial charge in [0.15, 0.2) is 5.82 Å². The normalized spacial score (nSPS) is 12.4. The number of esters is 1. The van der Waals surface area contributed by atoms with Gasteiger partial charge < -0.3 is 9.84 Å². The van der Waals surface area contributed by atoms with E-state index in [1.165, 1.54) is 35.0 Å². The number of allylic oxidation sites excluding steroid dienone is 2. The molecule has 0 saturated heterocycles. The van der Waals surface area contributed by atoms with Crippen LogP contribution in [-0.2, 0) is 21.4 Å². The fourth-order valence-electron chi connectivity index (χ4n) is 3.56. The largest absolute Gasteiger partial charge is 0.460 e. The molecular weight excluding hydrogens is 482 g/mol. The van der Waals surface area contributed by atoms with E-state index in [2.05, 4.69) is 15.5 Å². The zero-order chi connectivity index (χ0) is 27.2. The molecular formula is C27H28F2N4O4. The smallest absolute Gasteiger partial charge is 0.313 e. The summed E-state index contributed by atoms with van der Waals surface area (Å²) in [5.74, 6) is -1.71. The van der Waals surface area contributed by atoms with Crippen LogP contribution < -0.4 is 0 Å². The molecule has 1 heterocycles. The summed E-state index contributed by atoms with van der Waals surface area (Å²) in [7, 11) is 1.62. The zero-order valence-electron chi connectivity index (χ0n) is 21.0. The highest BCUT2D eigenvalue weighted by Crippen LogP contribution is 2.32.